The van der Waals surface area contributed by atoms with Gasteiger partial charge in [-0.05, 0) is 52.9 Å². The molecule has 4 aliphatic rings. The Morgan fingerprint density at radius 1 is 1.33 bits per heavy atom. The van der Waals surface area contributed by atoms with Gasteiger partial charge in [0.15, 0.2) is 0 Å². The highest BCUT2D eigenvalue weighted by atomic mass is 32.2. The molecule has 7 heteroatoms. The standard InChI is InChI=1S/C14H24N2O4S/c1-13(2,3)20-12(17)16-8-9-7-10(16)11(9)15-21(18,19)14(4)5-6-14/h9-11,15H,5-8H2,1-4H3/t9-,10+,11+/m1/s1. The number of nitrogens with one attached hydrogen (secondary N) is 1. The van der Waals surface area contributed by atoms with E-state index in [1.54, 1.807) is 11.8 Å². The molecule has 21 heavy (non-hydrogen) atoms. The third kappa shape index (κ3) is 2.54. The van der Waals surface area contributed by atoms with Crippen LogP contribution in [-0.4, -0.2) is 48.4 Å². The average Bonchev–Trinajstić information content (AvgIpc) is 2.83. The van der Waals surface area contributed by atoms with Gasteiger partial charge in [-0.15, -0.1) is 0 Å². The number of carbonyl (C=O) groups is 1. The van der Waals surface area contributed by atoms with E-state index in [0.717, 1.165) is 19.3 Å². The van der Waals surface area contributed by atoms with Crippen LogP contribution in [0.25, 0.3) is 0 Å². The van der Waals surface area contributed by atoms with E-state index in [9.17, 15) is 13.2 Å². The molecule has 4 fully saturated rings. The summed E-state index contributed by atoms with van der Waals surface area (Å²) in [4.78, 5) is 13.8. The Morgan fingerprint density at radius 3 is 2.48 bits per heavy atom. The third-order valence-electron chi connectivity index (χ3n) is 4.82. The quantitative estimate of drug-likeness (QED) is 0.855. The minimum Gasteiger partial charge on any atom is -0.444 e. The van der Waals surface area contributed by atoms with Crippen molar-refractivity contribution in [2.45, 2.75) is 69.4 Å². The summed E-state index contributed by atoms with van der Waals surface area (Å²) in [6.45, 7) is 7.86. The zero-order valence-electron chi connectivity index (χ0n) is 13.0. The first-order valence-electron chi connectivity index (χ1n) is 7.54. The fourth-order valence-corrected chi connectivity index (χ4v) is 4.72. The summed E-state index contributed by atoms with van der Waals surface area (Å²) < 4.78 is 32.2. The molecule has 6 nitrogen and oxygen atoms in total. The zero-order valence-corrected chi connectivity index (χ0v) is 13.9. The monoisotopic (exact) mass is 316 g/mol. The molecule has 120 valence electrons. The van der Waals surface area contributed by atoms with E-state index in [2.05, 4.69) is 4.72 Å². The molecule has 4 rings (SSSR count). The number of nitrogens with zero attached hydrogens (tertiary/aromatic N) is 1. The Morgan fingerprint density at radius 2 is 1.95 bits per heavy atom. The SMILES string of the molecule is CC(C)(C)OC(=O)N1C[C@H]2C[C@H]1[C@H]2NS(=O)(=O)C1(C)CC1. The zero-order chi connectivity index (χ0) is 15.6. The number of carbonyl (C=O) groups excluding carboxylic acids is 1. The number of amides is 1. The summed E-state index contributed by atoms with van der Waals surface area (Å²) in [5, 5.41) is 0. The number of sulfonamides is 1. The molecule has 2 aliphatic carbocycles. The van der Waals surface area contributed by atoms with E-state index in [1.165, 1.54) is 0 Å². The van der Waals surface area contributed by atoms with Crippen molar-refractivity contribution < 1.29 is 17.9 Å². The fourth-order valence-electron chi connectivity index (χ4n) is 3.09. The second-order valence-corrected chi connectivity index (χ2v) is 10.0. The number of hydrogen-bond donors (Lipinski definition) is 1. The highest BCUT2D eigenvalue weighted by molar-refractivity contribution is 7.91. The van der Waals surface area contributed by atoms with Gasteiger partial charge in [0.2, 0.25) is 10.0 Å². The summed E-state index contributed by atoms with van der Waals surface area (Å²) in [6.07, 6.45) is 1.97. The van der Waals surface area contributed by atoms with Crippen LogP contribution in [0.2, 0.25) is 0 Å². The Labute approximate surface area is 126 Å². The molecular weight excluding hydrogens is 292 g/mol. The number of fused-ring (bicyclic) bond motifs is 1. The number of ether oxygens (including phenoxy) is 1. The van der Waals surface area contributed by atoms with Crippen molar-refractivity contribution in [3.8, 4) is 0 Å². The maximum atomic E-state index is 12.3. The number of hydrogen-bond acceptors (Lipinski definition) is 4. The van der Waals surface area contributed by atoms with Gasteiger partial charge < -0.3 is 9.64 Å². The molecule has 3 atom stereocenters. The molecule has 1 amide bonds. The maximum Gasteiger partial charge on any atom is 0.410 e. The van der Waals surface area contributed by atoms with Gasteiger partial charge >= 0.3 is 6.09 Å². The first kappa shape index (κ1) is 15.1. The molecule has 0 unspecified atom stereocenters. The Hall–Kier alpha value is -0.820. The second-order valence-electron chi connectivity index (χ2n) is 7.79. The first-order valence-corrected chi connectivity index (χ1v) is 9.02. The molecule has 2 aliphatic heterocycles. The van der Waals surface area contributed by atoms with E-state index in [1.807, 2.05) is 20.8 Å². The minimum absolute atomic E-state index is 0.0537. The van der Waals surface area contributed by atoms with Crippen LogP contribution < -0.4 is 4.72 Å². The largest absolute Gasteiger partial charge is 0.444 e. The van der Waals surface area contributed by atoms with Crippen LogP contribution in [-0.2, 0) is 14.8 Å². The van der Waals surface area contributed by atoms with Crippen molar-refractivity contribution >= 4 is 16.1 Å². The smallest absolute Gasteiger partial charge is 0.410 e. The Kier molecular flexibility index (Phi) is 3.12. The van der Waals surface area contributed by atoms with Gasteiger partial charge in [0.1, 0.15) is 5.60 Å². The van der Waals surface area contributed by atoms with Crippen LogP contribution >= 0.6 is 0 Å². The molecule has 2 saturated carbocycles. The molecule has 0 radical (unpaired) electrons. The van der Waals surface area contributed by atoms with E-state index < -0.39 is 20.4 Å². The minimum atomic E-state index is -3.29. The van der Waals surface area contributed by atoms with Gasteiger partial charge in [-0.2, -0.15) is 0 Å². The second kappa shape index (κ2) is 4.35. The summed E-state index contributed by atoms with van der Waals surface area (Å²) in [7, 11) is -3.29. The molecule has 2 heterocycles. The fraction of sp³-hybridized carbons (Fsp3) is 0.929. The highest BCUT2D eigenvalue weighted by Gasteiger charge is 2.59. The lowest BCUT2D eigenvalue weighted by Crippen LogP contribution is -2.57. The Bertz CT molecular complexity index is 562. The predicted octanol–water partition coefficient (Wildman–Crippen LogP) is 1.47. The van der Waals surface area contributed by atoms with Crippen molar-refractivity contribution in [3.05, 3.63) is 0 Å². The van der Waals surface area contributed by atoms with Crippen molar-refractivity contribution in [2.75, 3.05) is 6.54 Å². The summed E-state index contributed by atoms with van der Waals surface area (Å²) in [6, 6.07) is -0.193. The first-order chi connectivity index (χ1) is 9.52. The Balaban J connectivity index is 1.64. The highest BCUT2D eigenvalue weighted by Crippen LogP contribution is 2.46. The molecular formula is C14H24N2O4S. The van der Waals surface area contributed by atoms with Crippen LogP contribution in [0.3, 0.4) is 0 Å². The van der Waals surface area contributed by atoms with Crippen molar-refractivity contribution in [1.82, 2.24) is 9.62 Å². The van der Waals surface area contributed by atoms with Crippen LogP contribution in [0.5, 0.6) is 0 Å². The maximum absolute atomic E-state index is 12.3. The van der Waals surface area contributed by atoms with Crippen LogP contribution in [0.1, 0.15) is 47.0 Å². The molecule has 2 bridgehead atoms. The molecule has 0 aromatic rings. The van der Waals surface area contributed by atoms with Gasteiger partial charge in [-0.1, -0.05) is 0 Å². The van der Waals surface area contributed by atoms with Gasteiger partial charge in [0.05, 0.1) is 10.8 Å². The van der Waals surface area contributed by atoms with Crippen molar-refractivity contribution in [1.29, 1.82) is 0 Å². The summed E-state index contributed by atoms with van der Waals surface area (Å²) in [5.74, 6) is 0.222. The lowest BCUT2D eigenvalue weighted by molar-refractivity contribution is 0.0230. The number of rotatable bonds is 3. The molecule has 1 N–H and O–H groups in total. The topological polar surface area (TPSA) is 75.7 Å². The summed E-state index contributed by atoms with van der Waals surface area (Å²) >= 11 is 0. The lowest BCUT2D eigenvalue weighted by Gasteiger charge is -2.37. The van der Waals surface area contributed by atoms with Crippen LogP contribution in [0, 0.1) is 5.92 Å². The average molecular weight is 316 g/mol. The van der Waals surface area contributed by atoms with E-state index >= 15 is 0 Å². The lowest BCUT2D eigenvalue weighted by atomic mass is 9.81. The van der Waals surface area contributed by atoms with E-state index in [0.29, 0.717) is 6.54 Å². The van der Waals surface area contributed by atoms with E-state index in [4.69, 9.17) is 4.74 Å². The summed E-state index contributed by atoms with van der Waals surface area (Å²) in [5.41, 5.74) is -0.527. The van der Waals surface area contributed by atoms with Gasteiger partial charge in [-0.3, -0.25) is 0 Å². The molecule has 2 saturated heterocycles. The predicted molar refractivity (Wildman–Crippen MR) is 78.3 cm³/mol. The van der Waals surface area contributed by atoms with E-state index in [-0.39, 0.29) is 24.1 Å². The normalized spacial score (nSPS) is 33.5. The molecule has 0 aromatic heterocycles. The van der Waals surface area contributed by atoms with Crippen molar-refractivity contribution in [2.24, 2.45) is 5.92 Å². The van der Waals surface area contributed by atoms with Gasteiger partial charge in [-0.25, -0.2) is 17.9 Å². The molecule has 0 spiro atoms. The van der Waals surface area contributed by atoms with Gasteiger partial charge in [0.25, 0.3) is 0 Å². The van der Waals surface area contributed by atoms with Crippen LogP contribution in [0.15, 0.2) is 0 Å². The molecule has 0 aromatic carbocycles. The third-order valence-corrected chi connectivity index (χ3v) is 7.11. The van der Waals surface area contributed by atoms with Crippen molar-refractivity contribution in [3.63, 3.8) is 0 Å². The van der Waals surface area contributed by atoms with Crippen LogP contribution in [0.4, 0.5) is 4.79 Å². The van der Waals surface area contributed by atoms with Gasteiger partial charge in [0, 0.05) is 12.6 Å².